The van der Waals surface area contributed by atoms with Crippen LogP contribution in [0.1, 0.15) is 18.4 Å². The number of thiocarbonyl (C=S) groups is 1. The molecule has 0 N–H and O–H groups in total. The zero-order valence-electron chi connectivity index (χ0n) is 13.6. The summed E-state index contributed by atoms with van der Waals surface area (Å²) in [4.78, 5) is 24.5. The van der Waals surface area contributed by atoms with Crippen LogP contribution >= 0.6 is 24.0 Å². The second kappa shape index (κ2) is 8.95. The minimum absolute atomic E-state index is 0.100. The van der Waals surface area contributed by atoms with Crippen LogP contribution in [0.5, 0.6) is 11.5 Å². The smallest absolute Gasteiger partial charge is 0.387 e. The van der Waals surface area contributed by atoms with E-state index in [0.29, 0.717) is 14.8 Å². The number of carbonyl (C=O) groups is 2. The second-order valence-electron chi connectivity index (χ2n) is 5.10. The summed E-state index contributed by atoms with van der Waals surface area (Å²) in [5.41, 5.74) is 0.540. The first-order valence-electron chi connectivity index (χ1n) is 7.40. The second-order valence-corrected chi connectivity index (χ2v) is 6.77. The van der Waals surface area contributed by atoms with Crippen molar-refractivity contribution in [3.63, 3.8) is 0 Å². The largest absolute Gasteiger partial charge is 0.550 e. The molecule has 1 aliphatic rings. The lowest BCUT2D eigenvalue weighted by Gasteiger charge is -2.14. The van der Waals surface area contributed by atoms with Crippen molar-refractivity contribution in [3.05, 3.63) is 28.7 Å². The monoisotopic (exact) mass is 402 g/mol. The SMILES string of the molecule is COc1cc(/C=C2\SC(=S)N(CCCC(=O)[O-])C2=O)ccc1OC(F)F. The Morgan fingerprint density at radius 1 is 1.42 bits per heavy atom. The minimum atomic E-state index is -2.98. The molecule has 0 spiro atoms. The van der Waals surface area contributed by atoms with Crippen molar-refractivity contribution in [1.29, 1.82) is 0 Å². The van der Waals surface area contributed by atoms with Crippen molar-refractivity contribution in [2.24, 2.45) is 0 Å². The summed E-state index contributed by atoms with van der Waals surface area (Å²) < 4.78 is 34.4. The standard InChI is InChI=1S/C16H15F2NO5S2/c1-23-11-7-9(4-5-10(11)24-15(17)18)8-12-14(22)19(16(25)26-12)6-2-3-13(20)21/h4-5,7-8,15H,2-3,6H2,1H3,(H,20,21)/p-1/b12-8-. The highest BCUT2D eigenvalue weighted by molar-refractivity contribution is 8.26. The van der Waals surface area contributed by atoms with Crippen molar-refractivity contribution < 1.29 is 33.0 Å². The number of carboxylic acids is 1. The number of ether oxygens (including phenoxy) is 2. The van der Waals surface area contributed by atoms with Gasteiger partial charge in [-0.2, -0.15) is 8.78 Å². The van der Waals surface area contributed by atoms with Crippen LogP contribution < -0.4 is 14.6 Å². The van der Waals surface area contributed by atoms with Crippen LogP contribution in [-0.4, -0.2) is 41.4 Å². The van der Waals surface area contributed by atoms with Crippen LogP contribution in [0.25, 0.3) is 6.08 Å². The number of carboxylic acid groups (broad SMARTS) is 1. The van der Waals surface area contributed by atoms with Crippen molar-refractivity contribution in [2.45, 2.75) is 19.5 Å². The van der Waals surface area contributed by atoms with Gasteiger partial charge in [0.1, 0.15) is 4.32 Å². The highest BCUT2D eigenvalue weighted by Gasteiger charge is 2.31. The molecule has 140 valence electrons. The maximum Gasteiger partial charge on any atom is 0.387 e. The fourth-order valence-electron chi connectivity index (χ4n) is 2.19. The minimum Gasteiger partial charge on any atom is -0.550 e. The Labute approximate surface area is 157 Å². The third kappa shape index (κ3) is 5.15. The number of amides is 1. The zero-order chi connectivity index (χ0) is 19.3. The molecule has 0 aromatic heterocycles. The van der Waals surface area contributed by atoms with Crippen molar-refractivity contribution >= 4 is 46.3 Å². The predicted molar refractivity (Wildman–Crippen MR) is 93.7 cm³/mol. The number of hydrogen-bond donors (Lipinski definition) is 0. The van der Waals surface area contributed by atoms with Crippen LogP contribution in [0.3, 0.4) is 0 Å². The number of thioether (sulfide) groups is 1. The topological polar surface area (TPSA) is 78.9 Å². The summed E-state index contributed by atoms with van der Waals surface area (Å²) in [6.07, 6.45) is 1.61. The molecule has 1 fully saturated rings. The number of nitrogens with zero attached hydrogens (tertiary/aromatic N) is 1. The van der Waals surface area contributed by atoms with E-state index in [-0.39, 0.29) is 36.8 Å². The van der Waals surface area contributed by atoms with Crippen molar-refractivity contribution in [1.82, 2.24) is 4.90 Å². The molecule has 0 radical (unpaired) electrons. The number of halogens is 2. The summed E-state index contributed by atoms with van der Waals surface area (Å²) in [6.45, 7) is -2.80. The van der Waals surface area contributed by atoms with E-state index >= 15 is 0 Å². The highest BCUT2D eigenvalue weighted by atomic mass is 32.2. The molecule has 0 atom stereocenters. The lowest BCUT2D eigenvalue weighted by atomic mass is 10.2. The van der Waals surface area contributed by atoms with E-state index in [9.17, 15) is 23.5 Å². The number of rotatable bonds is 8. The van der Waals surface area contributed by atoms with E-state index in [0.717, 1.165) is 11.8 Å². The summed E-state index contributed by atoms with van der Waals surface area (Å²) in [5, 5.41) is 10.5. The molecule has 26 heavy (non-hydrogen) atoms. The van der Waals surface area contributed by atoms with Gasteiger partial charge in [0.05, 0.1) is 12.0 Å². The molecule has 1 saturated heterocycles. The Morgan fingerprint density at radius 2 is 2.15 bits per heavy atom. The average molecular weight is 402 g/mol. The first-order chi connectivity index (χ1) is 12.3. The molecule has 10 heteroatoms. The molecule has 1 aliphatic heterocycles. The first-order valence-corrected chi connectivity index (χ1v) is 8.62. The van der Waals surface area contributed by atoms with Gasteiger partial charge in [0.2, 0.25) is 0 Å². The van der Waals surface area contributed by atoms with Gasteiger partial charge in [-0.1, -0.05) is 30.0 Å². The third-order valence-corrected chi connectivity index (χ3v) is 4.72. The Hall–Kier alpha value is -2.20. The van der Waals surface area contributed by atoms with Crippen LogP contribution in [0.2, 0.25) is 0 Å². The van der Waals surface area contributed by atoms with Crippen molar-refractivity contribution in [2.75, 3.05) is 13.7 Å². The normalized spacial score (nSPS) is 15.8. The highest BCUT2D eigenvalue weighted by Crippen LogP contribution is 2.35. The molecule has 1 heterocycles. The number of alkyl halides is 2. The Balaban J connectivity index is 2.15. The average Bonchev–Trinajstić information content (AvgIpc) is 2.82. The summed E-state index contributed by atoms with van der Waals surface area (Å²) in [6, 6.07) is 4.28. The van der Waals surface area contributed by atoms with Gasteiger partial charge in [-0.15, -0.1) is 0 Å². The van der Waals surface area contributed by atoms with Crippen LogP contribution in [0, 0.1) is 0 Å². The molecule has 2 rings (SSSR count). The van der Waals surface area contributed by atoms with E-state index in [4.69, 9.17) is 17.0 Å². The van der Waals surface area contributed by atoms with Crippen molar-refractivity contribution in [3.8, 4) is 11.5 Å². The van der Waals surface area contributed by atoms with E-state index < -0.39 is 12.6 Å². The van der Waals surface area contributed by atoms with Crippen LogP contribution in [0.4, 0.5) is 8.78 Å². The Morgan fingerprint density at radius 3 is 2.77 bits per heavy atom. The van der Waals surface area contributed by atoms with Gasteiger partial charge in [-0.3, -0.25) is 9.69 Å². The molecule has 6 nitrogen and oxygen atoms in total. The van der Waals surface area contributed by atoms with E-state index in [1.165, 1.54) is 30.2 Å². The fourth-order valence-corrected chi connectivity index (χ4v) is 3.50. The van der Waals surface area contributed by atoms with Gasteiger partial charge in [0.25, 0.3) is 5.91 Å². The van der Waals surface area contributed by atoms with Crippen LogP contribution in [0.15, 0.2) is 23.1 Å². The first kappa shape index (κ1) is 20.1. The molecular weight excluding hydrogens is 388 g/mol. The predicted octanol–water partition coefficient (Wildman–Crippen LogP) is 2.03. The molecular formula is C16H14F2NO5S2-. The Kier molecular flexibility index (Phi) is 6.92. The molecule has 1 aromatic carbocycles. The summed E-state index contributed by atoms with van der Waals surface area (Å²) in [5.74, 6) is -1.55. The molecule has 0 aliphatic carbocycles. The number of methoxy groups -OCH3 is 1. The Bertz CT molecular complexity index is 754. The van der Waals surface area contributed by atoms with Gasteiger partial charge < -0.3 is 19.4 Å². The third-order valence-electron chi connectivity index (χ3n) is 3.34. The van der Waals surface area contributed by atoms with Gasteiger partial charge in [-0.25, -0.2) is 0 Å². The molecule has 1 amide bonds. The van der Waals surface area contributed by atoms with Gasteiger partial charge >= 0.3 is 6.61 Å². The number of aliphatic carboxylic acids is 1. The summed E-state index contributed by atoms with van der Waals surface area (Å²) >= 11 is 6.22. The number of benzene rings is 1. The zero-order valence-corrected chi connectivity index (χ0v) is 15.2. The number of hydrogen-bond acceptors (Lipinski definition) is 7. The lowest BCUT2D eigenvalue weighted by Crippen LogP contribution is -2.30. The fraction of sp³-hybridized carbons (Fsp3) is 0.312. The molecule has 0 unspecified atom stereocenters. The molecule has 0 bridgehead atoms. The lowest BCUT2D eigenvalue weighted by molar-refractivity contribution is -0.305. The van der Waals surface area contributed by atoms with Gasteiger partial charge in [-0.05, 0) is 36.6 Å². The maximum absolute atomic E-state index is 12.4. The van der Waals surface area contributed by atoms with Gasteiger partial charge in [0, 0.05) is 12.5 Å². The van der Waals surface area contributed by atoms with E-state index in [2.05, 4.69) is 4.74 Å². The van der Waals surface area contributed by atoms with Crippen LogP contribution in [-0.2, 0) is 9.59 Å². The molecule has 1 aromatic rings. The quantitative estimate of drug-likeness (QED) is 0.486. The molecule has 0 saturated carbocycles. The van der Waals surface area contributed by atoms with E-state index in [1.807, 2.05) is 0 Å². The van der Waals surface area contributed by atoms with E-state index in [1.54, 1.807) is 6.08 Å². The maximum atomic E-state index is 12.4. The van der Waals surface area contributed by atoms with Gasteiger partial charge in [0.15, 0.2) is 11.5 Å². The summed E-state index contributed by atoms with van der Waals surface area (Å²) in [7, 11) is 1.31. The number of carbonyl (C=O) groups excluding carboxylic acids is 2.